The normalized spacial score (nSPS) is 24.0. The monoisotopic (exact) mass is 806 g/mol. The Morgan fingerprint density at radius 2 is 1.75 bits per heavy atom. The van der Waals surface area contributed by atoms with Crippen LogP contribution in [0.5, 0.6) is 11.5 Å². The third-order valence-electron chi connectivity index (χ3n) is 11.1. The van der Waals surface area contributed by atoms with E-state index in [-0.39, 0.29) is 63.6 Å². The van der Waals surface area contributed by atoms with Gasteiger partial charge in [0, 0.05) is 49.3 Å². The number of nitrogens with zero attached hydrogens (tertiary/aromatic N) is 4. The van der Waals surface area contributed by atoms with Gasteiger partial charge in [-0.2, -0.15) is 31.6 Å². The van der Waals surface area contributed by atoms with Gasteiger partial charge in [0.2, 0.25) is 5.60 Å². The number of carboxylic acids is 1. The van der Waals surface area contributed by atoms with Crippen molar-refractivity contribution in [2.24, 2.45) is 5.92 Å². The number of halogens is 6. The van der Waals surface area contributed by atoms with Gasteiger partial charge in [0.15, 0.2) is 0 Å². The second kappa shape index (κ2) is 16.0. The average Bonchev–Trinajstić information content (AvgIpc) is 3.85. The average molecular weight is 807 g/mol. The van der Waals surface area contributed by atoms with Crippen molar-refractivity contribution in [3.05, 3.63) is 75.7 Å². The van der Waals surface area contributed by atoms with Crippen LogP contribution in [0, 0.1) is 17.2 Å². The number of hydrogen-bond donors (Lipinski definition) is 1. The molecular weight excluding hydrogens is 767 g/mol. The Balaban J connectivity index is 1.33. The number of likely N-dealkylation sites (tertiary alicyclic amines) is 2. The molecule has 1 N–H and O–H groups in total. The fourth-order valence-corrected chi connectivity index (χ4v) is 8.97. The molecule has 56 heavy (non-hydrogen) atoms. The van der Waals surface area contributed by atoms with Gasteiger partial charge in [-0.05, 0) is 63.1 Å². The van der Waals surface area contributed by atoms with Crippen molar-refractivity contribution >= 4 is 29.1 Å². The van der Waals surface area contributed by atoms with Crippen LogP contribution >= 0.6 is 11.3 Å². The van der Waals surface area contributed by atoms with E-state index in [1.807, 2.05) is 0 Å². The van der Waals surface area contributed by atoms with Crippen LogP contribution in [0.3, 0.4) is 0 Å². The van der Waals surface area contributed by atoms with Crippen LogP contribution < -0.4 is 9.47 Å². The minimum atomic E-state index is -4.92. The topological polar surface area (TPSA) is 133 Å². The summed E-state index contributed by atoms with van der Waals surface area (Å²) in [6, 6.07) is 10.7. The number of rotatable bonds is 10. The molecule has 3 fully saturated rings. The van der Waals surface area contributed by atoms with Gasteiger partial charge in [0.05, 0.1) is 35.1 Å². The molecule has 2 saturated heterocycles. The molecule has 3 aromatic rings. The molecule has 2 amide bonds. The van der Waals surface area contributed by atoms with Gasteiger partial charge >= 0.3 is 18.3 Å². The van der Waals surface area contributed by atoms with Crippen molar-refractivity contribution < 1.29 is 55.3 Å². The van der Waals surface area contributed by atoms with Gasteiger partial charge in [-0.1, -0.05) is 31.5 Å². The quantitative estimate of drug-likeness (QED) is 0.203. The van der Waals surface area contributed by atoms with E-state index in [9.17, 15) is 46.3 Å². The molecule has 0 unspecified atom stereocenters. The fourth-order valence-electron chi connectivity index (χ4n) is 8.29. The number of thiophene rings is 1. The Hall–Kier alpha value is -4.85. The molecule has 1 aliphatic carbocycles. The van der Waals surface area contributed by atoms with E-state index in [0.717, 1.165) is 34.7 Å². The van der Waals surface area contributed by atoms with E-state index in [1.165, 1.54) is 4.90 Å². The molecule has 1 saturated carbocycles. The maximum atomic E-state index is 15.0. The summed E-state index contributed by atoms with van der Waals surface area (Å²) in [6.45, 7) is 1.68. The number of para-hydroxylation sites is 1. The summed E-state index contributed by atoms with van der Waals surface area (Å²) in [5.74, 6) is -3.02. The highest BCUT2D eigenvalue weighted by molar-refractivity contribution is 7.10. The van der Waals surface area contributed by atoms with Crippen LogP contribution in [0.2, 0.25) is 0 Å². The Morgan fingerprint density at radius 3 is 2.38 bits per heavy atom. The fraction of sp³-hybridized carbons (Fsp3) is 0.513. The summed E-state index contributed by atoms with van der Waals surface area (Å²) in [5, 5.41) is 21.2. The second-order valence-electron chi connectivity index (χ2n) is 14.5. The van der Waals surface area contributed by atoms with Crippen molar-refractivity contribution in [1.82, 2.24) is 14.8 Å². The number of amides is 2. The lowest BCUT2D eigenvalue weighted by molar-refractivity contribution is -0.160. The van der Waals surface area contributed by atoms with Crippen LogP contribution in [0.25, 0.3) is 0 Å². The smallest absolute Gasteiger partial charge is 0.425 e. The maximum Gasteiger partial charge on any atom is 0.425 e. The summed E-state index contributed by atoms with van der Waals surface area (Å²) in [6.07, 6.45) is -6.98. The number of ether oxygens (including phenoxy) is 2. The Bertz CT molecular complexity index is 1970. The first-order valence-electron chi connectivity index (χ1n) is 18.4. The summed E-state index contributed by atoms with van der Waals surface area (Å²) >= 11 is 0.361. The predicted octanol–water partition coefficient (Wildman–Crippen LogP) is 8.12. The molecule has 3 aliphatic rings. The first-order chi connectivity index (χ1) is 26.5. The number of carboxylic acid groups (broad SMARTS) is 1. The molecular formula is C39H40F6N4O6S. The zero-order valence-corrected chi connectivity index (χ0v) is 31.2. The van der Waals surface area contributed by atoms with Gasteiger partial charge in [0.1, 0.15) is 22.1 Å². The van der Waals surface area contributed by atoms with Crippen LogP contribution in [0.15, 0.2) is 54.0 Å². The number of aromatic nitrogens is 1. The van der Waals surface area contributed by atoms with Crippen molar-refractivity contribution in [3.63, 3.8) is 0 Å². The summed E-state index contributed by atoms with van der Waals surface area (Å²) in [7, 11) is 0. The largest absolute Gasteiger partial charge is 0.490 e. The lowest BCUT2D eigenvalue weighted by Crippen LogP contribution is -2.68. The number of pyridine rings is 1. The molecule has 2 aromatic heterocycles. The number of nitriles is 1. The molecule has 300 valence electrons. The number of carbonyl (C=O) groups is 3. The highest BCUT2D eigenvalue weighted by Crippen LogP contribution is 2.45. The molecule has 4 heterocycles. The number of aliphatic carboxylic acids is 1. The molecule has 0 bridgehead atoms. The lowest BCUT2D eigenvalue weighted by Gasteiger charge is -2.51. The highest BCUT2D eigenvalue weighted by atomic mass is 32.1. The number of benzene rings is 1. The van der Waals surface area contributed by atoms with Crippen LogP contribution in [-0.4, -0.2) is 75.1 Å². The Kier molecular flexibility index (Phi) is 11.6. The zero-order chi connectivity index (χ0) is 40.5. The number of alkyl halides is 6. The van der Waals surface area contributed by atoms with E-state index in [1.54, 1.807) is 31.2 Å². The van der Waals surface area contributed by atoms with Crippen molar-refractivity contribution in [3.8, 4) is 17.6 Å². The molecule has 6 rings (SSSR count). The summed E-state index contributed by atoms with van der Waals surface area (Å²) in [5.41, 5.74) is -4.69. The summed E-state index contributed by atoms with van der Waals surface area (Å²) in [4.78, 5) is 46.0. The van der Waals surface area contributed by atoms with E-state index in [4.69, 9.17) is 9.47 Å². The minimum Gasteiger partial charge on any atom is -0.490 e. The Labute approximate surface area is 323 Å². The number of hydrogen-bond acceptors (Lipinski definition) is 8. The lowest BCUT2D eigenvalue weighted by atomic mass is 9.72. The minimum absolute atomic E-state index is 0.000946. The van der Waals surface area contributed by atoms with E-state index >= 15 is 4.79 Å². The van der Waals surface area contributed by atoms with Crippen LogP contribution in [-0.2, 0) is 27.4 Å². The summed E-state index contributed by atoms with van der Waals surface area (Å²) < 4.78 is 96.0. The van der Waals surface area contributed by atoms with E-state index in [0.29, 0.717) is 48.3 Å². The third kappa shape index (κ3) is 8.03. The van der Waals surface area contributed by atoms with Crippen molar-refractivity contribution in [2.45, 2.75) is 100 Å². The van der Waals surface area contributed by atoms with Crippen molar-refractivity contribution in [1.29, 1.82) is 5.26 Å². The Morgan fingerprint density at radius 1 is 1.02 bits per heavy atom. The SMILES string of the molecule is CCC[C@H]1N(C(=O)c2ncccc2C(F)(F)F)CCC[C@@]1(Oc1csc(C(F)(F)F)c1)C(=O)N1CCC(C#N)(c2ccccc2O[C@H]2CC[C@H](C(=O)O)C2)CC1. The van der Waals surface area contributed by atoms with Crippen molar-refractivity contribution in [2.75, 3.05) is 19.6 Å². The molecule has 2 aliphatic heterocycles. The number of carbonyl (C=O) groups excluding carboxylic acids is 2. The first kappa shape index (κ1) is 40.8. The molecule has 17 heteroatoms. The van der Waals surface area contributed by atoms with Gasteiger partial charge in [-0.25, -0.2) is 0 Å². The zero-order valence-electron chi connectivity index (χ0n) is 30.4. The second-order valence-corrected chi connectivity index (χ2v) is 15.4. The van der Waals surface area contributed by atoms with E-state index in [2.05, 4.69) is 11.1 Å². The van der Waals surface area contributed by atoms with Crippen LogP contribution in [0.4, 0.5) is 26.3 Å². The molecule has 0 radical (unpaired) electrons. The van der Waals surface area contributed by atoms with Gasteiger partial charge in [-0.15, -0.1) is 11.3 Å². The molecule has 4 atom stereocenters. The molecule has 10 nitrogen and oxygen atoms in total. The van der Waals surface area contributed by atoms with E-state index < -0.39 is 69.2 Å². The van der Waals surface area contributed by atoms with Crippen LogP contribution in [0.1, 0.15) is 91.2 Å². The standard InChI is InChI=1S/C39H40F6N4O6S/c1-2-7-30-37(55-26-21-31(56-22-26)39(43,44)45,13-6-17-49(30)33(50)32-28(38(40,41)42)9-5-16-47-32)35(53)48-18-14-36(23-46,15-19-48)27-8-3-4-10-29(27)54-25-12-11-24(20-25)34(51)52/h3-5,8-10,16,21-22,24-25,30H,2,6-7,11-15,17-20H2,1H3,(H,51,52)/t24-,25-,30+,37-/m0/s1. The van der Waals surface area contributed by atoms with Gasteiger partial charge < -0.3 is 24.4 Å². The highest BCUT2D eigenvalue weighted by Gasteiger charge is 2.57. The first-order valence-corrected chi connectivity index (χ1v) is 19.3. The number of piperidine rings is 2. The predicted molar refractivity (Wildman–Crippen MR) is 190 cm³/mol. The maximum absolute atomic E-state index is 15.0. The van der Waals surface area contributed by atoms with Gasteiger partial charge in [-0.3, -0.25) is 19.4 Å². The molecule has 1 aromatic carbocycles. The third-order valence-corrected chi connectivity index (χ3v) is 12.0. The van der Waals surface area contributed by atoms with Gasteiger partial charge in [0.25, 0.3) is 11.8 Å². The molecule has 0 spiro atoms.